The van der Waals surface area contributed by atoms with Crippen LogP contribution in [0.2, 0.25) is 0 Å². The number of hydrogen-bond donors (Lipinski definition) is 2. The van der Waals surface area contributed by atoms with E-state index in [4.69, 9.17) is 10.5 Å². The molecule has 3 N–H and O–H groups in total. The second kappa shape index (κ2) is 5.19. The molecule has 1 aromatic heterocycles. The highest BCUT2D eigenvalue weighted by Gasteiger charge is 2.15. The lowest BCUT2D eigenvalue weighted by molar-refractivity contribution is 0.0597. The summed E-state index contributed by atoms with van der Waals surface area (Å²) in [6.45, 7) is 0. The highest BCUT2D eigenvalue weighted by molar-refractivity contribution is 7.99. The molecular formula is C11H12N4O3S. The number of aromatic nitrogens is 3. The Hall–Kier alpha value is -2.22. The van der Waals surface area contributed by atoms with Crippen LogP contribution in [0.3, 0.4) is 0 Å². The number of esters is 1. The summed E-state index contributed by atoms with van der Waals surface area (Å²) in [5, 5.41) is 6.64. The molecule has 2 aromatic rings. The normalized spacial score (nSPS) is 10.4. The Labute approximate surface area is 112 Å². The molecule has 2 rings (SSSR count). The quantitative estimate of drug-likeness (QED) is 0.631. The van der Waals surface area contributed by atoms with Crippen LogP contribution in [0.15, 0.2) is 33.0 Å². The van der Waals surface area contributed by atoms with Gasteiger partial charge in [-0.2, -0.15) is 0 Å². The zero-order valence-corrected chi connectivity index (χ0v) is 11.2. The maximum Gasteiger partial charge on any atom is 0.343 e. The van der Waals surface area contributed by atoms with Crippen LogP contribution < -0.4 is 11.4 Å². The highest BCUT2D eigenvalue weighted by Crippen LogP contribution is 2.29. The first-order valence-electron chi connectivity index (χ1n) is 5.30. The Bertz CT molecular complexity index is 677. The minimum atomic E-state index is -0.490. The van der Waals surface area contributed by atoms with Crippen LogP contribution in [0.1, 0.15) is 10.4 Å². The van der Waals surface area contributed by atoms with Crippen molar-refractivity contribution in [2.45, 2.75) is 10.1 Å². The number of rotatable bonds is 3. The summed E-state index contributed by atoms with van der Waals surface area (Å²) in [5.41, 5.74) is 6.13. The van der Waals surface area contributed by atoms with E-state index in [9.17, 15) is 9.59 Å². The van der Waals surface area contributed by atoms with Crippen molar-refractivity contribution >= 4 is 23.4 Å². The maximum atomic E-state index is 11.7. The molecular weight excluding hydrogens is 268 g/mol. The highest BCUT2D eigenvalue weighted by atomic mass is 32.2. The van der Waals surface area contributed by atoms with E-state index in [1.807, 2.05) is 0 Å². The number of hydrogen-bond acceptors (Lipinski definition) is 6. The van der Waals surface area contributed by atoms with Crippen LogP contribution >= 0.6 is 11.8 Å². The third-order valence-corrected chi connectivity index (χ3v) is 3.57. The third kappa shape index (κ3) is 2.63. The number of nitrogen functional groups attached to an aromatic ring is 1. The molecule has 0 fully saturated rings. The summed E-state index contributed by atoms with van der Waals surface area (Å²) in [5.74, 6) is -0.490. The van der Waals surface area contributed by atoms with Gasteiger partial charge in [0.1, 0.15) is 0 Å². The van der Waals surface area contributed by atoms with Gasteiger partial charge >= 0.3 is 11.7 Å². The standard InChI is InChI=1S/C11H12N4O3S/c1-15-10(17)13-14-11(15)19-8-4-3-6(12)5-7(8)9(16)18-2/h3-5H,12H2,1-2H3,(H,13,17). The van der Waals surface area contributed by atoms with Crippen molar-refractivity contribution in [2.24, 2.45) is 7.05 Å². The van der Waals surface area contributed by atoms with Gasteiger partial charge in [0.2, 0.25) is 0 Å². The predicted octanol–water partition coefficient (Wildman–Crippen LogP) is 0.628. The first-order chi connectivity index (χ1) is 9.02. The van der Waals surface area contributed by atoms with E-state index in [0.717, 1.165) is 0 Å². The smallest absolute Gasteiger partial charge is 0.343 e. The van der Waals surface area contributed by atoms with E-state index < -0.39 is 5.97 Å². The lowest BCUT2D eigenvalue weighted by Gasteiger charge is -2.07. The number of nitrogens with one attached hydrogen (secondary N) is 1. The molecule has 19 heavy (non-hydrogen) atoms. The molecule has 0 bridgehead atoms. The van der Waals surface area contributed by atoms with E-state index >= 15 is 0 Å². The Kier molecular flexibility index (Phi) is 3.61. The van der Waals surface area contributed by atoms with E-state index in [2.05, 4.69) is 10.2 Å². The maximum absolute atomic E-state index is 11.7. The van der Waals surface area contributed by atoms with Crippen LogP contribution in [0.4, 0.5) is 5.69 Å². The average Bonchev–Trinajstić information content (AvgIpc) is 2.71. The largest absolute Gasteiger partial charge is 0.465 e. The van der Waals surface area contributed by atoms with E-state index in [1.54, 1.807) is 19.2 Å². The fourth-order valence-corrected chi connectivity index (χ4v) is 2.32. The van der Waals surface area contributed by atoms with Gasteiger partial charge in [-0.15, -0.1) is 5.10 Å². The monoisotopic (exact) mass is 280 g/mol. The summed E-state index contributed by atoms with van der Waals surface area (Å²) in [6.07, 6.45) is 0. The van der Waals surface area contributed by atoms with Crippen molar-refractivity contribution in [3.8, 4) is 0 Å². The number of aromatic amines is 1. The Balaban J connectivity index is 2.42. The summed E-state index contributed by atoms with van der Waals surface area (Å²) >= 11 is 1.18. The van der Waals surface area contributed by atoms with Gasteiger partial charge in [-0.25, -0.2) is 14.7 Å². The number of nitrogens with two attached hydrogens (primary N) is 1. The zero-order valence-electron chi connectivity index (χ0n) is 10.3. The van der Waals surface area contributed by atoms with Gasteiger partial charge in [-0.05, 0) is 30.0 Å². The fraction of sp³-hybridized carbons (Fsp3) is 0.182. The Morgan fingerprint density at radius 3 is 2.84 bits per heavy atom. The molecule has 1 heterocycles. The molecule has 0 radical (unpaired) electrons. The van der Waals surface area contributed by atoms with Crippen molar-refractivity contribution < 1.29 is 9.53 Å². The molecule has 8 heteroatoms. The van der Waals surface area contributed by atoms with Gasteiger partial charge in [0.15, 0.2) is 5.16 Å². The summed E-state index contributed by atoms with van der Waals surface area (Å²) in [4.78, 5) is 23.6. The molecule has 0 amide bonds. The topological polar surface area (TPSA) is 103 Å². The van der Waals surface area contributed by atoms with Crippen LogP contribution in [0.25, 0.3) is 0 Å². The molecule has 7 nitrogen and oxygen atoms in total. The molecule has 0 saturated heterocycles. The number of H-pyrrole nitrogens is 1. The number of carbonyl (C=O) groups is 1. The number of benzene rings is 1. The van der Waals surface area contributed by atoms with Gasteiger partial charge in [-0.1, -0.05) is 0 Å². The average molecular weight is 280 g/mol. The SMILES string of the molecule is COC(=O)c1cc(N)ccc1Sc1n[nH]c(=O)n1C. The number of nitrogens with zero attached hydrogens (tertiary/aromatic N) is 2. The number of carbonyl (C=O) groups excluding carboxylic acids is 1. The van der Waals surface area contributed by atoms with Gasteiger partial charge in [0.25, 0.3) is 0 Å². The van der Waals surface area contributed by atoms with Crippen LogP contribution in [0.5, 0.6) is 0 Å². The first kappa shape index (κ1) is 13.2. The molecule has 0 saturated carbocycles. The van der Waals surface area contributed by atoms with Crippen molar-refractivity contribution in [3.63, 3.8) is 0 Å². The lowest BCUT2D eigenvalue weighted by atomic mass is 10.2. The summed E-state index contributed by atoms with van der Waals surface area (Å²) in [7, 11) is 2.88. The van der Waals surface area contributed by atoms with Gasteiger partial charge < -0.3 is 10.5 Å². The molecule has 0 atom stereocenters. The number of ether oxygens (including phenoxy) is 1. The molecule has 1 aromatic carbocycles. The first-order valence-corrected chi connectivity index (χ1v) is 6.11. The van der Waals surface area contributed by atoms with E-state index in [-0.39, 0.29) is 5.69 Å². The molecule has 0 unspecified atom stereocenters. The Morgan fingerprint density at radius 2 is 2.26 bits per heavy atom. The fourth-order valence-electron chi connectivity index (χ4n) is 1.43. The molecule has 0 spiro atoms. The van der Waals surface area contributed by atoms with E-state index in [0.29, 0.717) is 21.3 Å². The molecule has 0 aliphatic heterocycles. The zero-order chi connectivity index (χ0) is 14.0. The second-order valence-corrected chi connectivity index (χ2v) is 4.73. The molecule has 100 valence electrons. The summed E-state index contributed by atoms with van der Waals surface area (Å²) < 4.78 is 6.05. The molecule has 0 aliphatic rings. The van der Waals surface area contributed by atoms with Crippen molar-refractivity contribution in [2.75, 3.05) is 12.8 Å². The predicted molar refractivity (Wildman–Crippen MR) is 70.1 cm³/mol. The lowest BCUT2D eigenvalue weighted by Crippen LogP contribution is -2.13. The van der Waals surface area contributed by atoms with Crippen molar-refractivity contribution in [1.29, 1.82) is 0 Å². The summed E-state index contributed by atoms with van der Waals surface area (Å²) in [6, 6.07) is 4.88. The van der Waals surface area contributed by atoms with Crippen LogP contribution in [0, 0.1) is 0 Å². The van der Waals surface area contributed by atoms with Crippen LogP contribution in [-0.4, -0.2) is 27.8 Å². The third-order valence-electron chi connectivity index (χ3n) is 2.45. The molecule has 0 aliphatic carbocycles. The van der Waals surface area contributed by atoms with E-state index in [1.165, 1.54) is 29.5 Å². The minimum Gasteiger partial charge on any atom is -0.465 e. The Morgan fingerprint density at radius 1 is 1.53 bits per heavy atom. The number of methoxy groups -OCH3 is 1. The minimum absolute atomic E-state index is 0.322. The van der Waals surface area contributed by atoms with Crippen molar-refractivity contribution in [1.82, 2.24) is 14.8 Å². The van der Waals surface area contributed by atoms with Gasteiger partial charge in [0.05, 0.1) is 12.7 Å². The second-order valence-electron chi connectivity index (χ2n) is 3.72. The number of anilines is 1. The van der Waals surface area contributed by atoms with Gasteiger partial charge in [-0.3, -0.25) is 4.57 Å². The van der Waals surface area contributed by atoms with Crippen LogP contribution in [-0.2, 0) is 11.8 Å². The van der Waals surface area contributed by atoms with Gasteiger partial charge in [0, 0.05) is 17.6 Å². The van der Waals surface area contributed by atoms with Crippen molar-refractivity contribution in [3.05, 3.63) is 34.2 Å².